The summed E-state index contributed by atoms with van der Waals surface area (Å²) in [5.41, 5.74) is 2.37. The zero-order chi connectivity index (χ0) is 17.4. The van der Waals surface area contributed by atoms with Gasteiger partial charge in [0.15, 0.2) is 0 Å². The Morgan fingerprint density at radius 2 is 1.75 bits per heavy atom. The molecule has 0 unspecified atom stereocenters. The first-order chi connectivity index (χ1) is 11.7. The number of aryl methyl sites for hydroxylation is 1. The Morgan fingerprint density at radius 3 is 2.42 bits per heavy atom. The molecule has 0 spiro atoms. The monoisotopic (exact) mass is 329 g/mol. The van der Waals surface area contributed by atoms with Crippen molar-refractivity contribution in [3.63, 3.8) is 0 Å². The van der Waals surface area contributed by atoms with Gasteiger partial charge in [0.2, 0.25) is 0 Å². The Hall–Kier alpha value is -2.69. The van der Waals surface area contributed by atoms with Crippen LogP contribution in [0.4, 0.5) is 5.69 Å². The van der Waals surface area contributed by atoms with E-state index in [0.717, 1.165) is 29.2 Å². The summed E-state index contributed by atoms with van der Waals surface area (Å²) < 4.78 is 15.6. The number of methoxy groups -OCH3 is 2. The second kappa shape index (κ2) is 8.82. The lowest BCUT2D eigenvalue weighted by Crippen LogP contribution is -2.12. The number of carbonyl (C=O) groups is 1. The fraction of sp³-hybridized carbons (Fsp3) is 0.316. The molecule has 1 N–H and O–H groups in total. The van der Waals surface area contributed by atoms with Crippen LogP contribution in [0.15, 0.2) is 42.5 Å². The van der Waals surface area contributed by atoms with Crippen LogP contribution in [0.25, 0.3) is 0 Å². The van der Waals surface area contributed by atoms with Gasteiger partial charge in [-0.15, -0.1) is 0 Å². The Morgan fingerprint density at radius 1 is 1.04 bits per heavy atom. The molecule has 0 heterocycles. The number of nitrogens with one attached hydrogen (secondary N) is 1. The van der Waals surface area contributed by atoms with Gasteiger partial charge in [0.1, 0.15) is 11.5 Å². The first-order valence-electron chi connectivity index (χ1n) is 7.84. The van der Waals surface area contributed by atoms with Crippen LogP contribution in [0.3, 0.4) is 0 Å². The van der Waals surface area contributed by atoms with Crippen LogP contribution < -0.4 is 14.8 Å². The Balaban J connectivity index is 1.83. The van der Waals surface area contributed by atoms with Gasteiger partial charge in [0.25, 0.3) is 0 Å². The highest BCUT2D eigenvalue weighted by molar-refractivity contribution is 5.96. The number of hydrogen-bond donors (Lipinski definition) is 1. The highest BCUT2D eigenvalue weighted by atomic mass is 16.5. The standard InChI is InChI=1S/C19H23NO4/c1-14-6-4-7-17(19(21)23-3)18(14)20-12-5-13-24-16-10-8-15(22-2)9-11-16/h4,6-11,20H,5,12-13H2,1-3H3. The number of ether oxygens (including phenoxy) is 3. The average molecular weight is 329 g/mol. The molecule has 0 amide bonds. The van der Waals surface area contributed by atoms with Gasteiger partial charge in [-0.2, -0.15) is 0 Å². The van der Waals surface area contributed by atoms with Gasteiger partial charge in [-0.3, -0.25) is 0 Å². The minimum absolute atomic E-state index is 0.337. The van der Waals surface area contributed by atoms with Gasteiger partial charge in [-0.1, -0.05) is 12.1 Å². The number of esters is 1. The van der Waals surface area contributed by atoms with Crippen molar-refractivity contribution < 1.29 is 19.0 Å². The maximum Gasteiger partial charge on any atom is 0.339 e. The number of rotatable bonds is 8. The first-order valence-corrected chi connectivity index (χ1v) is 7.84. The van der Waals surface area contributed by atoms with Crippen LogP contribution in [0, 0.1) is 6.92 Å². The molecule has 24 heavy (non-hydrogen) atoms. The van der Waals surface area contributed by atoms with Gasteiger partial charge in [0.05, 0.1) is 32.1 Å². The van der Waals surface area contributed by atoms with Crippen molar-refractivity contribution in [2.75, 3.05) is 32.7 Å². The lowest BCUT2D eigenvalue weighted by Gasteiger charge is -2.14. The molecule has 0 aliphatic carbocycles. The fourth-order valence-corrected chi connectivity index (χ4v) is 2.33. The summed E-state index contributed by atoms with van der Waals surface area (Å²) in [6.07, 6.45) is 0.807. The molecule has 5 nitrogen and oxygen atoms in total. The molecule has 0 aliphatic rings. The Kier molecular flexibility index (Phi) is 6.49. The number of benzene rings is 2. The van der Waals surface area contributed by atoms with Gasteiger partial charge >= 0.3 is 5.97 Å². The zero-order valence-electron chi connectivity index (χ0n) is 14.3. The van der Waals surface area contributed by atoms with Crippen molar-refractivity contribution in [3.05, 3.63) is 53.6 Å². The van der Waals surface area contributed by atoms with Gasteiger partial charge < -0.3 is 19.5 Å². The molecule has 0 bridgehead atoms. The summed E-state index contributed by atoms with van der Waals surface area (Å²) in [6.45, 7) is 3.24. The van der Waals surface area contributed by atoms with Crippen LogP contribution in [0.5, 0.6) is 11.5 Å². The summed E-state index contributed by atoms with van der Waals surface area (Å²) in [5.74, 6) is 1.27. The van der Waals surface area contributed by atoms with Gasteiger partial charge in [0, 0.05) is 6.54 Å². The Bertz CT molecular complexity index is 668. The number of carbonyl (C=O) groups excluding carboxylic acids is 1. The molecular weight excluding hydrogens is 306 g/mol. The SMILES string of the molecule is COC(=O)c1cccc(C)c1NCCCOc1ccc(OC)cc1. The van der Waals surface area contributed by atoms with Crippen LogP contribution in [0.2, 0.25) is 0 Å². The predicted octanol–water partition coefficient (Wildman–Crippen LogP) is 3.67. The van der Waals surface area contributed by atoms with Crippen molar-refractivity contribution in [2.45, 2.75) is 13.3 Å². The van der Waals surface area contributed by atoms with E-state index in [1.54, 1.807) is 13.2 Å². The van der Waals surface area contributed by atoms with Gasteiger partial charge in [-0.05, 0) is 49.2 Å². The predicted molar refractivity (Wildman–Crippen MR) is 94.1 cm³/mol. The minimum Gasteiger partial charge on any atom is -0.497 e. The number of hydrogen-bond acceptors (Lipinski definition) is 5. The molecule has 5 heteroatoms. The maximum atomic E-state index is 11.8. The molecule has 0 radical (unpaired) electrons. The summed E-state index contributed by atoms with van der Waals surface area (Å²) in [6, 6.07) is 13.1. The third-order valence-electron chi connectivity index (χ3n) is 3.63. The van der Waals surface area contributed by atoms with E-state index in [9.17, 15) is 4.79 Å². The second-order valence-electron chi connectivity index (χ2n) is 5.29. The molecule has 128 valence electrons. The minimum atomic E-state index is -0.337. The third-order valence-corrected chi connectivity index (χ3v) is 3.63. The van der Waals surface area contributed by atoms with E-state index in [4.69, 9.17) is 14.2 Å². The number of para-hydroxylation sites is 1. The summed E-state index contributed by atoms with van der Waals surface area (Å²) in [7, 11) is 3.02. The molecular formula is C19H23NO4. The molecule has 0 saturated heterocycles. The van der Waals surface area contributed by atoms with Gasteiger partial charge in [-0.25, -0.2) is 4.79 Å². The topological polar surface area (TPSA) is 56.8 Å². The second-order valence-corrected chi connectivity index (χ2v) is 5.29. The molecule has 0 aliphatic heterocycles. The van der Waals surface area contributed by atoms with Crippen LogP contribution >= 0.6 is 0 Å². The lowest BCUT2D eigenvalue weighted by molar-refractivity contribution is 0.0601. The molecule has 0 atom stereocenters. The quantitative estimate of drug-likeness (QED) is 0.591. The molecule has 2 rings (SSSR count). The first kappa shape index (κ1) is 17.7. The molecule has 0 saturated carbocycles. The van der Waals surface area contributed by atoms with Crippen molar-refractivity contribution in [3.8, 4) is 11.5 Å². The van der Waals surface area contributed by atoms with E-state index in [1.165, 1.54) is 7.11 Å². The zero-order valence-corrected chi connectivity index (χ0v) is 14.3. The van der Waals surface area contributed by atoms with Crippen molar-refractivity contribution in [1.29, 1.82) is 0 Å². The highest BCUT2D eigenvalue weighted by Crippen LogP contribution is 2.21. The smallest absolute Gasteiger partial charge is 0.339 e. The molecule has 2 aromatic carbocycles. The van der Waals surface area contributed by atoms with Crippen LogP contribution in [0.1, 0.15) is 22.3 Å². The molecule has 0 fully saturated rings. The third kappa shape index (κ3) is 4.65. The molecule has 2 aromatic rings. The van der Waals surface area contributed by atoms with E-state index in [1.807, 2.05) is 43.3 Å². The van der Waals surface area contributed by atoms with Crippen molar-refractivity contribution in [1.82, 2.24) is 0 Å². The lowest BCUT2D eigenvalue weighted by atomic mass is 10.1. The van der Waals surface area contributed by atoms with E-state index in [0.29, 0.717) is 18.7 Å². The van der Waals surface area contributed by atoms with Crippen LogP contribution in [-0.4, -0.2) is 33.3 Å². The van der Waals surface area contributed by atoms with E-state index in [2.05, 4.69) is 5.32 Å². The maximum absolute atomic E-state index is 11.8. The van der Waals surface area contributed by atoms with Crippen molar-refractivity contribution >= 4 is 11.7 Å². The normalized spacial score (nSPS) is 10.1. The largest absolute Gasteiger partial charge is 0.497 e. The summed E-state index contributed by atoms with van der Waals surface area (Å²) in [4.78, 5) is 11.8. The van der Waals surface area contributed by atoms with Crippen molar-refractivity contribution in [2.24, 2.45) is 0 Å². The molecule has 0 aromatic heterocycles. The van der Waals surface area contributed by atoms with E-state index >= 15 is 0 Å². The summed E-state index contributed by atoms with van der Waals surface area (Å²) in [5, 5.41) is 3.30. The highest BCUT2D eigenvalue weighted by Gasteiger charge is 2.12. The van der Waals surface area contributed by atoms with Crippen LogP contribution in [-0.2, 0) is 4.74 Å². The number of anilines is 1. The fourth-order valence-electron chi connectivity index (χ4n) is 2.33. The van der Waals surface area contributed by atoms with E-state index in [-0.39, 0.29) is 5.97 Å². The summed E-state index contributed by atoms with van der Waals surface area (Å²) >= 11 is 0. The Labute approximate surface area is 142 Å². The average Bonchev–Trinajstić information content (AvgIpc) is 2.62. The van der Waals surface area contributed by atoms with E-state index < -0.39 is 0 Å².